The van der Waals surface area contributed by atoms with Gasteiger partial charge in [-0.1, -0.05) is 38.1 Å². The summed E-state index contributed by atoms with van der Waals surface area (Å²) < 4.78 is 5.59. The van der Waals surface area contributed by atoms with Crippen LogP contribution < -0.4 is 20.9 Å². The molecule has 1 aromatic carbocycles. The normalized spacial score (nSPS) is 16.7. The van der Waals surface area contributed by atoms with Crippen LogP contribution >= 0.6 is 0 Å². The minimum absolute atomic E-state index is 0.289. The smallest absolute Gasteiger partial charge is 0.143 e. The number of aryl methyl sites for hydroxylation is 1. The lowest BCUT2D eigenvalue weighted by molar-refractivity contribution is 0.0989. The Morgan fingerprint density at radius 1 is 1.39 bits per heavy atom. The maximum Gasteiger partial charge on any atom is 0.143 e. The number of nitrogens with one attached hydrogen (secondary N) is 1. The summed E-state index contributed by atoms with van der Waals surface area (Å²) in [6, 6.07) is 12.7. The summed E-state index contributed by atoms with van der Waals surface area (Å²) >= 11 is 0. The predicted molar refractivity (Wildman–Crippen MR) is 117 cm³/mol. The number of benzene rings is 1. The number of rotatable bonds is 7. The van der Waals surface area contributed by atoms with Gasteiger partial charge in [0.05, 0.1) is 18.9 Å². The van der Waals surface area contributed by atoms with Crippen LogP contribution in [0.4, 0.5) is 23.0 Å². The van der Waals surface area contributed by atoms with E-state index in [1.807, 2.05) is 19.2 Å². The van der Waals surface area contributed by atoms with E-state index in [4.69, 9.17) is 10.5 Å². The van der Waals surface area contributed by atoms with Gasteiger partial charge in [-0.3, -0.25) is 4.90 Å². The number of pyridine rings is 1. The molecule has 3 N–H and O–H groups in total. The zero-order valence-electron chi connectivity index (χ0n) is 17.1. The van der Waals surface area contributed by atoms with Crippen molar-refractivity contribution >= 4 is 23.0 Å². The van der Waals surface area contributed by atoms with Crippen LogP contribution in [0.5, 0.6) is 0 Å². The van der Waals surface area contributed by atoms with Crippen LogP contribution in [-0.2, 0) is 11.2 Å². The van der Waals surface area contributed by atoms with Crippen molar-refractivity contribution in [3.63, 3.8) is 0 Å². The summed E-state index contributed by atoms with van der Waals surface area (Å²) in [5, 5.41) is 3.18. The maximum absolute atomic E-state index is 6.22. The first kappa shape index (κ1) is 20.0. The number of aromatic nitrogens is 1. The van der Waals surface area contributed by atoms with Gasteiger partial charge < -0.3 is 20.7 Å². The minimum atomic E-state index is 0.289. The van der Waals surface area contributed by atoms with Crippen molar-refractivity contribution < 1.29 is 4.74 Å². The van der Waals surface area contributed by atoms with Crippen molar-refractivity contribution in [2.45, 2.75) is 32.7 Å². The van der Waals surface area contributed by atoms with Crippen LogP contribution in [0.2, 0.25) is 0 Å². The Kier molecular flexibility index (Phi) is 6.41. The van der Waals surface area contributed by atoms with Gasteiger partial charge in [-0.25, -0.2) is 4.98 Å². The predicted octanol–water partition coefficient (Wildman–Crippen LogP) is 3.67. The summed E-state index contributed by atoms with van der Waals surface area (Å²) in [5.41, 5.74) is 9.60. The highest BCUT2D eigenvalue weighted by atomic mass is 16.5. The first-order valence-electron chi connectivity index (χ1n) is 9.91. The van der Waals surface area contributed by atoms with Crippen LogP contribution in [0, 0.1) is 0 Å². The van der Waals surface area contributed by atoms with Crippen molar-refractivity contribution in [1.82, 2.24) is 10.3 Å². The number of ether oxygens (including phenoxy) is 1. The van der Waals surface area contributed by atoms with Gasteiger partial charge in [0.15, 0.2) is 0 Å². The molecule has 1 atom stereocenters. The largest absolute Gasteiger partial charge is 0.384 e. The minimum Gasteiger partial charge on any atom is -0.384 e. The molecule has 1 saturated heterocycles. The molecule has 3 rings (SSSR count). The Hall–Kier alpha value is -2.73. The molecule has 0 amide bonds. The number of hydrogen-bond donors (Lipinski definition) is 2. The second-order valence-corrected chi connectivity index (χ2v) is 7.14. The summed E-state index contributed by atoms with van der Waals surface area (Å²) in [6.07, 6.45) is 2.05. The lowest BCUT2D eigenvalue weighted by Gasteiger charge is -2.36. The van der Waals surface area contributed by atoms with Gasteiger partial charge in [0.2, 0.25) is 0 Å². The number of nitrogens with zero attached hydrogens (tertiary/aromatic N) is 3. The molecular weight excluding hydrogens is 350 g/mol. The van der Waals surface area contributed by atoms with Gasteiger partial charge >= 0.3 is 0 Å². The van der Waals surface area contributed by atoms with Crippen molar-refractivity contribution in [1.29, 1.82) is 0 Å². The fourth-order valence-corrected chi connectivity index (χ4v) is 3.64. The molecule has 2 heterocycles. The molecule has 0 aliphatic carbocycles. The Bertz CT molecular complexity index is 822. The molecule has 1 aliphatic rings. The first-order valence-corrected chi connectivity index (χ1v) is 9.91. The van der Waals surface area contributed by atoms with E-state index in [1.165, 1.54) is 5.56 Å². The molecule has 1 aromatic heterocycles. The molecule has 1 unspecified atom stereocenters. The number of anilines is 4. The molecule has 6 nitrogen and oxygen atoms in total. The van der Waals surface area contributed by atoms with Gasteiger partial charge in [0.1, 0.15) is 17.5 Å². The van der Waals surface area contributed by atoms with Gasteiger partial charge in [0, 0.05) is 37.5 Å². The Morgan fingerprint density at radius 3 is 2.89 bits per heavy atom. The molecule has 1 fully saturated rings. The lowest BCUT2D eigenvalue weighted by atomic mass is 10.1. The molecule has 0 saturated carbocycles. The zero-order chi connectivity index (χ0) is 20.1. The Balaban J connectivity index is 2.08. The summed E-state index contributed by atoms with van der Waals surface area (Å²) in [5.74, 6) is 2.01. The zero-order valence-corrected chi connectivity index (χ0v) is 17.1. The van der Waals surface area contributed by atoms with E-state index in [0.29, 0.717) is 19.0 Å². The number of hydrogen-bond acceptors (Lipinski definition) is 6. The Labute approximate surface area is 168 Å². The van der Waals surface area contributed by atoms with Crippen molar-refractivity contribution in [3.05, 3.63) is 54.4 Å². The standard InChI is InChI=1S/C22H31N5O/c1-5-8-18-9-6-7-10-20(18)27(17(3)24-4)22-14-19(13-21(23)25-22)26-11-12-28-15-16(26)2/h6-7,9-10,13-14,16,24H,3,5,8,11-12,15H2,1-2,4H3,(H2,23,25). The average Bonchev–Trinajstić information content (AvgIpc) is 2.69. The third-order valence-corrected chi connectivity index (χ3v) is 5.06. The molecule has 1 aliphatic heterocycles. The van der Waals surface area contributed by atoms with Crippen LogP contribution in [0.25, 0.3) is 0 Å². The Morgan fingerprint density at radius 2 is 2.18 bits per heavy atom. The summed E-state index contributed by atoms with van der Waals surface area (Å²) in [4.78, 5) is 9.02. The van der Waals surface area contributed by atoms with Crippen molar-refractivity contribution in [2.75, 3.05) is 42.3 Å². The molecule has 0 spiro atoms. The molecule has 2 aromatic rings. The molecule has 0 bridgehead atoms. The highest BCUT2D eigenvalue weighted by molar-refractivity contribution is 5.72. The van der Waals surface area contributed by atoms with E-state index in [1.54, 1.807) is 0 Å². The van der Waals surface area contributed by atoms with Crippen molar-refractivity contribution in [3.8, 4) is 0 Å². The van der Waals surface area contributed by atoms with Gasteiger partial charge in [-0.15, -0.1) is 0 Å². The first-order chi connectivity index (χ1) is 13.5. The number of nitrogen functional groups attached to an aromatic ring is 1. The quantitative estimate of drug-likeness (QED) is 0.763. The third-order valence-electron chi connectivity index (χ3n) is 5.06. The second-order valence-electron chi connectivity index (χ2n) is 7.14. The molecule has 0 radical (unpaired) electrons. The van der Waals surface area contributed by atoms with E-state index in [-0.39, 0.29) is 6.04 Å². The van der Waals surface area contributed by atoms with E-state index in [0.717, 1.165) is 42.4 Å². The summed E-state index contributed by atoms with van der Waals surface area (Å²) in [7, 11) is 1.87. The van der Waals surface area contributed by atoms with Crippen LogP contribution in [-0.4, -0.2) is 37.8 Å². The van der Waals surface area contributed by atoms with Crippen molar-refractivity contribution in [2.24, 2.45) is 0 Å². The number of morpholine rings is 1. The molecule has 6 heteroatoms. The van der Waals surface area contributed by atoms with E-state index < -0.39 is 0 Å². The fourth-order valence-electron chi connectivity index (χ4n) is 3.64. The molecular formula is C22H31N5O. The fraction of sp³-hybridized carbons (Fsp3) is 0.409. The number of para-hydroxylation sites is 1. The maximum atomic E-state index is 6.22. The SMILES string of the molecule is C=C(NC)N(c1cc(N2CCOCC2C)cc(N)n1)c1ccccc1CCC. The summed E-state index contributed by atoms with van der Waals surface area (Å²) in [6.45, 7) is 10.8. The third kappa shape index (κ3) is 4.22. The van der Waals surface area contributed by atoms with Crippen LogP contribution in [0.15, 0.2) is 48.8 Å². The monoisotopic (exact) mass is 381 g/mol. The molecule has 150 valence electrons. The van der Waals surface area contributed by atoms with Crippen LogP contribution in [0.1, 0.15) is 25.8 Å². The topological polar surface area (TPSA) is 66.7 Å². The highest BCUT2D eigenvalue weighted by Crippen LogP contribution is 2.34. The van der Waals surface area contributed by atoms with E-state index >= 15 is 0 Å². The second kappa shape index (κ2) is 8.97. The lowest BCUT2D eigenvalue weighted by Crippen LogP contribution is -2.43. The van der Waals surface area contributed by atoms with Gasteiger partial charge in [-0.05, 0) is 25.0 Å². The van der Waals surface area contributed by atoms with Crippen LogP contribution in [0.3, 0.4) is 0 Å². The highest BCUT2D eigenvalue weighted by Gasteiger charge is 2.23. The van der Waals surface area contributed by atoms with Gasteiger partial charge in [-0.2, -0.15) is 0 Å². The van der Waals surface area contributed by atoms with E-state index in [2.05, 4.69) is 64.8 Å². The average molecular weight is 382 g/mol. The molecule has 28 heavy (non-hydrogen) atoms. The van der Waals surface area contributed by atoms with E-state index in [9.17, 15) is 0 Å². The van der Waals surface area contributed by atoms with Gasteiger partial charge in [0.25, 0.3) is 0 Å². The number of nitrogens with two attached hydrogens (primary N) is 1.